The number of benzene rings is 1. The minimum Gasteiger partial charge on any atom is -0.480 e. The first kappa shape index (κ1) is 24.3. The molecule has 1 aromatic carbocycles. The number of carbonyl (C=O) groups is 3. The second-order valence-electron chi connectivity index (χ2n) is 9.92. The van der Waals surface area contributed by atoms with Crippen molar-refractivity contribution >= 4 is 28.7 Å². The predicted octanol–water partition coefficient (Wildman–Crippen LogP) is 2.58. The Morgan fingerprint density at radius 1 is 1.12 bits per heavy atom. The van der Waals surface area contributed by atoms with Crippen LogP contribution in [0.15, 0.2) is 30.5 Å². The molecule has 8 heteroatoms. The third-order valence-corrected chi connectivity index (χ3v) is 7.49. The summed E-state index contributed by atoms with van der Waals surface area (Å²) in [7, 11) is 1.96. The van der Waals surface area contributed by atoms with E-state index in [-0.39, 0.29) is 11.8 Å². The van der Waals surface area contributed by atoms with E-state index in [0.717, 1.165) is 42.1 Å². The lowest BCUT2D eigenvalue weighted by Gasteiger charge is -2.31. The van der Waals surface area contributed by atoms with E-state index in [2.05, 4.69) is 5.32 Å². The second-order valence-corrected chi connectivity index (χ2v) is 9.92. The summed E-state index contributed by atoms with van der Waals surface area (Å²) >= 11 is 0. The molecule has 34 heavy (non-hydrogen) atoms. The normalized spacial score (nSPS) is 20.9. The first-order chi connectivity index (χ1) is 16.3. The molecule has 1 saturated heterocycles. The molecule has 1 aliphatic carbocycles. The van der Waals surface area contributed by atoms with Gasteiger partial charge in [0.15, 0.2) is 0 Å². The zero-order valence-electron chi connectivity index (χ0n) is 19.9. The van der Waals surface area contributed by atoms with E-state index in [1.54, 1.807) is 0 Å². The van der Waals surface area contributed by atoms with Crippen LogP contribution in [0.5, 0.6) is 0 Å². The number of amides is 2. The molecule has 2 amide bonds. The van der Waals surface area contributed by atoms with E-state index in [9.17, 15) is 19.5 Å². The summed E-state index contributed by atoms with van der Waals surface area (Å²) < 4.78 is 2.02. The van der Waals surface area contributed by atoms with Crippen molar-refractivity contribution in [2.24, 2.45) is 18.7 Å². The molecule has 0 unspecified atom stereocenters. The minimum absolute atomic E-state index is 0.291. The monoisotopic (exact) mass is 468 g/mol. The molecule has 4 N–H and O–H groups in total. The van der Waals surface area contributed by atoms with Crippen molar-refractivity contribution in [3.8, 4) is 0 Å². The van der Waals surface area contributed by atoms with Crippen molar-refractivity contribution in [1.29, 1.82) is 0 Å². The molecule has 0 bridgehead atoms. The topological polar surface area (TPSA) is 118 Å². The molecule has 0 radical (unpaired) electrons. The minimum atomic E-state index is -0.985. The fraction of sp³-hybridized carbons (Fsp3) is 0.577. The van der Waals surface area contributed by atoms with Crippen LogP contribution in [0.25, 0.3) is 10.9 Å². The fourth-order valence-electron chi connectivity index (χ4n) is 5.66. The van der Waals surface area contributed by atoms with Crippen LogP contribution in [0.1, 0.15) is 56.9 Å². The summed E-state index contributed by atoms with van der Waals surface area (Å²) in [5.41, 5.74) is 8.38. The number of aromatic nitrogens is 1. The number of nitrogens with one attached hydrogen (secondary N) is 1. The van der Waals surface area contributed by atoms with Crippen LogP contribution in [-0.2, 0) is 27.9 Å². The van der Waals surface area contributed by atoms with Crippen molar-refractivity contribution in [2.45, 2.75) is 75.9 Å². The summed E-state index contributed by atoms with van der Waals surface area (Å²) in [6.45, 7) is 0.412. The lowest BCUT2D eigenvalue weighted by Crippen LogP contribution is -2.55. The molecular formula is C26H36N4O4. The maximum absolute atomic E-state index is 13.4. The molecule has 0 spiro atoms. The zero-order chi connectivity index (χ0) is 24.2. The first-order valence-electron chi connectivity index (χ1n) is 12.5. The number of hydrogen-bond acceptors (Lipinski definition) is 4. The number of para-hydroxylation sites is 1. The highest BCUT2D eigenvalue weighted by atomic mass is 16.4. The van der Waals surface area contributed by atoms with Crippen LogP contribution in [0.3, 0.4) is 0 Å². The average Bonchev–Trinajstić information content (AvgIpc) is 3.44. The lowest BCUT2D eigenvalue weighted by molar-refractivity contribution is -0.149. The van der Waals surface area contributed by atoms with Crippen molar-refractivity contribution in [3.05, 3.63) is 36.0 Å². The lowest BCUT2D eigenvalue weighted by atomic mass is 9.84. The van der Waals surface area contributed by atoms with Crippen LogP contribution in [0.4, 0.5) is 0 Å². The van der Waals surface area contributed by atoms with E-state index in [0.29, 0.717) is 38.1 Å². The van der Waals surface area contributed by atoms with Gasteiger partial charge in [-0.15, -0.1) is 0 Å². The summed E-state index contributed by atoms with van der Waals surface area (Å²) in [4.78, 5) is 39.7. The Labute approximate surface area is 200 Å². The standard InChI is InChI=1S/C26H36N4O4/c1-29-16-18(19-10-5-6-11-22(19)29)15-20(27)24(31)28-21(14-17-8-3-2-4-9-17)25(32)30-13-7-12-23(30)26(33)34/h5-6,10-11,16-17,20-21,23H,2-4,7-9,12-15,27H2,1H3,(H,28,31)(H,33,34)/t20-,21-,23-/m0/s1. The van der Waals surface area contributed by atoms with Gasteiger partial charge in [0.05, 0.1) is 6.04 Å². The Morgan fingerprint density at radius 3 is 2.59 bits per heavy atom. The van der Waals surface area contributed by atoms with E-state index >= 15 is 0 Å². The van der Waals surface area contributed by atoms with Gasteiger partial charge < -0.3 is 25.6 Å². The van der Waals surface area contributed by atoms with Crippen molar-refractivity contribution in [2.75, 3.05) is 6.54 Å². The number of likely N-dealkylation sites (tertiary alicyclic amines) is 1. The molecule has 2 aromatic rings. The number of nitrogens with two attached hydrogens (primary N) is 1. The predicted molar refractivity (Wildman–Crippen MR) is 130 cm³/mol. The summed E-state index contributed by atoms with van der Waals surface area (Å²) in [5, 5.41) is 13.5. The van der Waals surface area contributed by atoms with Crippen molar-refractivity contribution < 1.29 is 19.5 Å². The molecule has 1 aliphatic heterocycles. The maximum Gasteiger partial charge on any atom is 0.326 e. The van der Waals surface area contributed by atoms with Gasteiger partial charge in [-0.25, -0.2) is 4.79 Å². The third-order valence-electron chi connectivity index (χ3n) is 7.49. The number of rotatable bonds is 8. The van der Waals surface area contributed by atoms with E-state index in [4.69, 9.17) is 5.73 Å². The molecule has 2 heterocycles. The van der Waals surface area contributed by atoms with E-state index in [1.165, 1.54) is 11.3 Å². The molecule has 4 rings (SSSR count). The van der Waals surface area contributed by atoms with Crippen LogP contribution in [0.2, 0.25) is 0 Å². The van der Waals surface area contributed by atoms with Crippen LogP contribution >= 0.6 is 0 Å². The highest BCUT2D eigenvalue weighted by molar-refractivity contribution is 5.92. The fourth-order valence-corrected chi connectivity index (χ4v) is 5.66. The molecule has 1 aromatic heterocycles. The van der Waals surface area contributed by atoms with Gasteiger partial charge in [0.1, 0.15) is 12.1 Å². The average molecular weight is 469 g/mol. The van der Waals surface area contributed by atoms with Gasteiger partial charge in [0, 0.05) is 30.7 Å². The van der Waals surface area contributed by atoms with Gasteiger partial charge in [-0.1, -0.05) is 50.3 Å². The van der Waals surface area contributed by atoms with Crippen LogP contribution in [-0.4, -0.2) is 57.0 Å². The third kappa shape index (κ3) is 5.27. The summed E-state index contributed by atoms with van der Waals surface area (Å²) in [6.07, 6.45) is 9.51. The number of carboxylic acids is 1. The van der Waals surface area contributed by atoms with Gasteiger partial charge in [-0.05, 0) is 43.2 Å². The quantitative estimate of drug-likeness (QED) is 0.550. The Balaban J connectivity index is 1.48. The number of aliphatic carboxylic acids is 1. The molecular weight excluding hydrogens is 432 g/mol. The molecule has 2 aliphatic rings. The van der Waals surface area contributed by atoms with Gasteiger partial charge in [-0.3, -0.25) is 9.59 Å². The van der Waals surface area contributed by atoms with Crippen LogP contribution in [0, 0.1) is 5.92 Å². The molecule has 3 atom stereocenters. The number of aryl methyl sites for hydroxylation is 1. The second kappa shape index (κ2) is 10.6. The Kier molecular flexibility index (Phi) is 7.56. The van der Waals surface area contributed by atoms with E-state index in [1.807, 2.05) is 42.1 Å². The number of nitrogens with zero attached hydrogens (tertiary/aromatic N) is 2. The summed E-state index contributed by atoms with van der Waals surface area (Å²) in [6, 6.07) is 5.62. The van der Waals surface area contributed by atoms with Crippen molar-refractivity contribution in [1.82, 2.24) is 14.8 Å². The first-order valence-corrected chi connectivity index (χ1v) is 12.5. The van der Waals surface area contributed by atoms with Gasteiger partial charge in [0.2, 0.25) is 11.8 Å². The number of carboxylic acid groups (broad SMARTS) is 1. The van der Waals surface area contributed by atoms with Crippen molar-refractivity contribution in [3.63, 3.8) is 0 Å². The number of hydrogen-bond donors (Lipinski definition) is 3. The summed E-state index contributed by atoms with van der Waals surface area (Å²) in [5.74, 6) is -1.29. The number of fused-ring (bicyclic) bond motifs is 1. The highest BCUT2D eigenvalue weighted by Crippen LogP contribution is 2.29. The molecule has 8 nitrogen and oxygen atoms in total. The SMILES string of the molecule is Cn1cc(C[C@H](N)C(=O)N[C@@H](CC2CCCCC2)C(=O)N2CCC[C@H]2C(=O)O)c2ccccc21. The molecule has 1 saturated carbocycles. The van der Waals surface area contributed by atoms with E-state index < -0.39 is 24.1 Å². The highest BCUT2D eigenvalue weighted by Gasteiger charge is 2.38. The Bertz CT molecular complexity index is 1040. The van der Waals surface area contributed by atoms with Crippen LogP contribution < -0.4 is 11.1 Å². The smallest absolute Gasteiger partial charge is 0.326 e. The van der Waals surface area contributed by atoms with Gasteiger partial charge >= 0.3 is 5.97 Å². The molecule has 2 fully saturated rings. The molecule has 184 valence electrons. The maximum atomic E-state index is 13.4. The Morgan fingerprint density at radius 2 is 1.85 bits per heavy atom. The zero-order valence-corrected chi connectivity index (χ0v) is 19.9. The largest absolute Gasteiger partial charge is 0.480 e. The Hall–Kier alpha value is -2.87. The number of carbonyl (C=O) groups excluding carboxylic acids is 2. The van der Waals surface area contributed by atoms with Gasteiger partial charge in [0.25, 0.3) is 0 Å². The van der Waals surface area contributed by atoms with Gasteiger partial charge in [-0.2, -0.15) is 0 Å².